The fourth-order valence-electron chi connectivity index (χ4n) is 6.21. The van der Waals surface area contributed by atoms with Gasteiger partial charge < -0.3 is 87.9 Å². The van der Waals surface area contributed by atoms with E-state index in [4.69, 9.17) is 52.1 Å². The second-order valence-corrected chi connectivity index (χ2v) is 12.8. The second-order valence-electron chi connectivity index (χ2n) is 12.8. The van der Waals surface area contributed by atoms with Crippen molar-refractivity contribution < 1.29 is 87.9 Å². The minimum absolute atomic E-state index is 0.0570. The molecule has 284 valence electrons. The second kappa shape index (κ2) is 18.2. The zero-order chi connectivity index (χ0) is 36.0. The Labute approximate surface area is 280 Å². The fraction of sp³-hybridized carbons (Fsp3) is 1.00. The van der Waals surface area contributed by atoms with Crippen molar-refractivity contribution in [2.45, 2.75) is 131 Å². The van der Waals surface area contributed by atoms with Crippen LogP contribution < -0.4 is 0 Å². The van der Waals surface area contributed by atoms with E-state index in [-0.39, 0.29) is 33.0 Å². The van der Waals surface area contributed by atoms with Gasteiger partial charge in [0.15, 0.2) is 17.9 Å². The van der Waals surface area contributed by atoms with E-state index in [1.54, 1.807) is 6.92 Å². The lowest BCUT2D eigenvalue weighted by molar-refractivity contribution is -0.431. The third kappa shape index (κ3) is 9.58. The molecule has 8 unspecified atom stereocenters. The van der Waals surface area contributed by atoms with Crippen LogP contribution in [0.15, 0.2) is 0 Å². The van der Waals surface area contributed by atoms with Crippen LogP contribution >= 0.6 is 0 Å². The van der Waals surface area contributed by atoms with Crippen LogP contribution in [0.25, 0.3) is 0 Å². The van der Waals surface area contributed by atoms with Crippen molar-refractivity contribution in [1.29, 1.82) is 0 Å². The van der Waals surface area contributed by atoms with Gasteiger partial charge in [0.1, 0.15) is 73.2 Å². The smallest absolute Gasteiger partial charge is 0.195 e. The normalized spacial score (nSPS) is 45.2. The van der Waals surface area contributed by atoms with Crippen LogP contribution in [0.3, 0.4) is 0 Å². The first-order chi connectivity index (χ1) is 22.6. The third-order valence-electron chi connectivity index (χ3n) is 8.73. The van der Waals surface area contributed by atoms with Gasteiger partial charge in [0.25, 0.3) is 0 Å². The Morgan fingerprint density at radius 2 is 1.21 bits per heavy atom. The van der Waals surface area contributed by atoms with Crippen molar-refractivity contribution in [2.24, 2.45) is 0 Å². The van der Waals surface area contributed by atoms with Gasteiger partial charge in [0.05, 0.1) is 45.2 Å². The van der Waals surface area contributed by atoms with Gasteiger partial charge in [-0.15, -0.1) is 0 Å². The summed E-state index contributed by atoms with van der Waals surface area (Å²) in [5.74, 6) is -3.72. The maximum absolute atomic E-state index is 12.0. The average molecular weight is 705 g/mol. The highest BCUT2D eigenvalue weighted by molar-refractivity contribution is 5.03. The van der Waals surface area contributed by atoms with E-state index in [0.29, 0.717) is 0 Å². The van der Waals surface area contributed by atoms with Crippen molar-refractivity contribution in [3.63, 3.8) is 0 Å². The first-order valence-corrected chi connectivity index (χ1v) is 15.9. The Bertz CT molecular complexity index is 948. The van der Waals surface area contributed by atoms with Gasteiger partial charge in [0, 0.05) is 28.4 Å². The summed E-state index contributed by atoms with van der Waals surface area (Å²) in [6.45, 7) is 5.52. The number of methoxy groups -OCH3 is 4. The highest BCUT2D eigenvalue weighted by Crippen LogP contribution is 2.42. The van der Waals surface area contributed by atoms with E-state index >= 15 is 0 Å². The number of hydrogen-bond acceptors (Lipinski definition) is 18. The SMILES string of the molecule is COCC1O[C@@](C)(O[C@H]2C(O)C(O)[C@H](O)O[C@H]2COC)C(OCC(C)OC)[C@@H](O)[C@@H]1O[C@]1(C)O[C@@H](COCC(C)O)[C@@H](O)C(O)C1OC. The molecule has 17 atom stereocenters. The van der Waals surface area contributed by atoms with Crippen LogP contribution in [0, 0.1) is 0 Å². The largest absolute Gasteiger partial charge is 0.391 e. The molecule has 18 heteroatoms. The van der Waals surface area contributed by atoms with E-state index in [0.717, 1.165) is 0 Å². The highest BCUT2D eigenvalue weighted by atomic mass is 16.8. The summed E-state index contributed by atoms with van der Waals surface area (Å²) in [6.07, 6.45) is -19.6. The van der Waals surface area contributed by atoms with Crippen LogP contribution in [0.2, 0.25) is 0 Å². The molecule has 3 rings (SSSR count). The minimum atomic E-state index is -1.89. The standard InChI is InChI=1S/C30H56O18/c1-14(31)9-42-13-16-19(32)21(34)26(41-8)29(3,45-16)48-25-18(12-39-6)46-30(4,27(23(25)36)43-10-15(2)40-7)47-24-17(11-38-5)44-28(37)22(35)20(24)33/h14-28,31-37H,9-13H2,1-8H3/t14?,15?,16-,17-,18?,19+,20?,21?,22?,23-,24+,25+,26?,27?,28+,29-,30-/m0/s1. The molecular weight excluding hydrogens is 648 g/mol. The molecule has 0 aliphatic carbocycles. The molecule has 0 saturated carbocycles. The molecule has 0 aromatic rings. The summed E-state index contributed by atoms with van der Waals surface area (Å²) in [7, 11) is 5.54. The molecule has 3 aliphatic rings. The molecule has 18 nitrogen and oxygen atoms in total. The molecule has 0 spiro atoms. The topological polar surface area (TPSA) is 243 Å². The minimum Gasteiger partial charge on any atom is -0.391 e. The van der Waals surface area contributed by atoms with Crippen molar-refractivity contribution in [1.82, 2.24) is 0 Å². The summed E-state index contributed by atoms with van der Waals surface area (Å²) in [5.41, 5.74) is 0. The predicted octanol–water partition coefficient (Wildman–Crippen LogP) is -3.37. The van der Waals surface area contributed by atoms with Crippen molar-refractivity contribution in [2.75, 3.05) is 61.5 Å². The van der Waals surface area contributed by atoms with E-state index in [9.17, 15) is 35.7 Å². The molecule has 0 aromatic heterocycles. The zero-order valence-corrected chi connectivity index (χ0v) is 28.8. The van der Waals surface area contributed by atoms with E-state index < -0.39 is 103 Å². The van der Waals surface area contributed by atoms with Gasteiger partial charge in [-0.25, -0.2) is 0 Å². The molecule has 0 aromatic carbocycles. The summed E-state index contributed by atoms with van der Waals surface area (Å²) < 4.78 is 63.8. The number of aliphatic hydroxyl groups is 7. The van der Waals surface area contributed by atoms with Crippen molar-refractivity contribution in [3.8, 4) is 0 Å². The zero-order valence-electron chi connectivity index (χ0n) is 28.8. The molecule has 0 bridgehead atoms. The van der Waals surface area contributed by atoms with Crippen LogP contribution in [-0.4, -0.2) is 201 Å². The van der Waals surface area contributed by atoms with Crippen molar-refractivity contribution in [3.05, 3.63) is 0 Å². The van der Waals surface area contributed by atoms with Crippen LogP contribution in [0.1, 0.15) is 27.7 Å². The number of aliphatic hydroxyl groups excluding tert-OH is 7. The number of ether oxygens (including phenoxy) is 11. The van der Waals surface area contributed by atoms with Crippen LogP contribution in [-0.2, 0) is 52.1 Å². The maximum atomic E-state index is 12.0. The lowest BCUT2D eigenvalue weighted by Gasteiger charge is -2.55. The maximum Gasteiger partial charge on any atom is 0.195 e. The molecule has 3 fully saturated rings. The van der Waals surface area contributed by atoms with Crippen molar-refractivity contribution >= 4 is 0 Å². The monoisotopic (exact) mass is 704 g/mol. The molecule has 7 N–H and O–H groups in total. The van der Waals surface area contributed by atoms with E-state index in [2.05, 4.69) is 0 Å². The Morgan fingerprint density at radius 3 is 1.77 bits per heavy atom. The van der Waals surface area contributed by atoms with Gasteiger partial charge in [-0.3, -0.25) is 0 Å². The molecule has 3 aliphatic heterocycles. The lowest BCUT2D eigenvalue weighted by atomic mass is 9.89. The van der Waals surface area contributed by atoms with E-state index in [1.165, 1.54) is 49.2 Å². The first-order valence-electron chi connectivity index (χ1n) is 15.9. The fourth-order valence-corrected chi connectivity index (χ4v) is 6.21. The number of hydrogen-bond donors (Lipinski definition) is 7. The Balaban J connectivity index is 1.98. The lowest BCUT2D eigenvalue weighted by Crippen LogP contribution is -2.72. The molecule has 48 heavy (non-hydrogen) atoms. The molecule has 3 saturated heterocycles. The molecule has 0 radical (unpaired) electrons. The van der Waals surface area contributed by atoms with Crippen LogP contribution in [0.4, 0.5) is 0 Å². The summed E-state index contributed by atoms with van der Waals surface area (Å²) in [5, 5.41) is 74.9. The quantitative estimate of drug-likeness (QED) is 0.0782. The van der Waals surface area contributed by atoms with Gasteiger partial charge in [0.2, 0.25) is 0 Å². The van der Waals surface area contributed by atoms with Gasteiger partial charge >= 0.3 is 0 Å². The average Bonchev–Trinajstić information content (AvgIpc) is 3.02. The molecule has 0 amide bonds. The molecule has 3 heterocycles. The van der Waals surface area contributed by atoms with Gasteiger partial charge in [-0.2, -0.15) is 0 Å². The van der Waals surface area contributed by atoms with Crippen LogP contribution in [0.5, 0.6) is 0 Å². The molecular formula is C30H56O18. The first kappa shape index (κ1) is 41.7. The summed E-state index contributed by atoms with van der Waals surface area (Å²) in [4.78, 5) is 0. The highest BCUT2D eigenvalue weighted by Gasteiger charge is 2.61. The Hall–Kier alpha value is -0.720. The van der Waals surface area contributed by atoms with Gasteiger partial charge in [-0.05, 0) is 27.7 Å². The Morgan fingerprint density at radius 1 is 0.646 bits per heavy atom. The third-order valence-corrected chi connectivity index (χ3v) is 8.73. The predicted molar refractivity (Wildman–Crippen MR) is 160 cm³/mol. The van der Waals surface area contributed by atoms with E-state index in [1.807, 2.05) is 0 Å². The Kier molecular flexibility index (Phi) is 15.8. The summed E-state index contributed by atoms with van der Waals surface area (Å²) in [6, 6.07) is 0. The number of rotatable bonds is 17. The summed E-state index contributed by atoms with van der Waals surface area (Å²) >= 11 is 0. The van der Waals surface area contributed by atoms with Gasteiger partial charge in [-0.1, -0.05) is 0 Å².